The Morgan fingerprint density at radius 3 is 1.26 bits per heavy atom. The van der Waals surface area contributed by atoms with Crippen LogP contribution in [0.1, 0.15) is 52.4 Å². The number of hydrogen-bond acceptors (Lipinski definition) is 6. The topological polar surface area (TPSA) is 157 Å². The van der Waals surface area contributed by atoms with Crippen molar-refractivity contribution in [2.45, 2.75) is 76.1 Å². The highest BCUT2D eigenvalue weighted by Crippen LogP contribution is 2.38. The third-order valence-electron chi connectivity index (χ3n) is 6.43. The molecule has 18 heteroatoms. The second-order valence-corrected chi connectivity index (χ2v) is 9.46. The van der Waals surface area contributed by atoms with E-state index < -0.39 is 70.7 Å². The van der Waals surface area contributed by atoms with Crippen LogP contribution in [0, 0.1) is 0 Å². The van der Waals surface area contributed by atoms with Gasteiger partial charge in [-0.25, -0.2) is 19.4 Å². The zero-order valence-electron chi connectivity index (χ0n) is 22.2. The van der Waals surface area contributed by atoms with E-state index >= 15 is 0 Å². The van der Waals surface area contributed by atoms with Gasteiger partial charge in [-0.3, -0.25) is 29.8 Å². The number of urea groups is 2. The third-order valence-corrected chi connectivity index (χ3v) is 6.43. The molecule has 4 N–H and O–H groups in total. The van der Waals surface area contributed by atoms with Gasteiger partial charge in [-0.05, 0) is 37.1 Å². The summed E-state index contributed by atoms with van der Waals surface area (Å²) in [5, 5.41) is 5.95. The maximum atomic E-state index is 14.0. The van der Waals surface area contributed by atoms with Crippen LogP contribution < -0.4 is 31.1 Å². The average molecular weight is 608 g/mol. The van der Waals surface area contributed by atoms with Gasteiger partial charge in [0.15, 0.2) is 0 Å². The molecule has 1 aromatic carbocycles. The molecule has 0 bridgehead atoms. The van der Waals surface area contributed by atoms with E-state index in [2.05, 4.69) is 0 Å². The number of halogens is 6. The molecule has 2 aliphatic rings. The van der Waals surface area contributed by atoms with Crippen LogP contribution in [0.5, 0.6) is 0 Å². The molecule has 0 unspecified atom stereocenters. The largest absolute Gasteiger partial charge is 0.440 e. The maximum absolute atomic E-state index is 14.0. The minimum absolute atomic E-state index is 0.0389. The van der Waals surface area contributed by atoms with Crippen LogP contribution in [0.4, 0.5) is 47.3 Å². The molecule has 0 aromatic heterocycles. The highest BCUT2D eigenvalue weighted by atomic mass is 19.4. The number of carbonyl (C=O) groups excluding carboxylic acids is 6. The number of nitrogens with zero attached hydrogens (tertiary/aromatic N) is 2. The first-order valence-electron chi connectivity index (χ1n) is 12.6. The fourth-order valence-corrected chi connectivity index (χ4v) is 4.19. The fraction of sp³-hybridized carbons (Fsp3) is 0.500. The first kappa shape index (κ1) is 32.1. The molecule has 2 atom stereocenters. The molecular weight excluding hydrogens is 582 g/mol. The lowest BCUT2D eigenvalue weighted by Crippen LogP contribution is -2.69. The van der Waals surface area contributed by atoms with Gasteiger partial charge in [-0.15, -0.1) is 0 Å². The van der Waals surface area contributed by atoms with Crippen molar-refractivity contribution in [3.05, 3.63) is 24.3 Å². The molecule has 2 fully saturated rings. The van der Waals surface area contributed by atoms with Crippen molar-refractivity contribution in [1.82, 2.24) is 21.3 Å². The highest BCUT2D eigenvalue weighted by molar-refractivity contribution is 6.25. The van der Waals surface area contributed by atoms with Crippen molar-refractivity contribution in [2.75, 3.05) is 9.80 Å². The molecule has 2 saturated heterocycles. The minimum Gasteiger partial charge on any atom is -0.318 e. The summed E-state index contributed by atoms with van der Waals surface area (Å²) in [6, 6.07) is 0.0276. The predicted octanol–water partition coefficient (Wildman–Crippen LogP) is 2.93. The number of imide groups is 2. The Morgan fingerprint density at radius 1 is 0.690 bits per heavy atom. The zero-order chi connectivity index (χ0) is 31.7. The Morgan fingerprint density at radius 2 is 1.00 bits per heavy atom. The van der Waals surface area contributed by atoms with E-state index in [-0.39, 0.29) is 35.5 Å². The van der Waals surface area contributed by atoms with Crippen molar-refractivity contribution >= 4 is 47.1 Å². The molecule has 0 saturated carbocycles. The number of hydrogen-bond donors (Lipinski definition) is 4. The van der Waals surface area contributed by atoms with Crippen molar-refractivity contribution in [1.29, 1.82) is 0 Å². The van der Waals surface area contributed by atoms with E-state index in [1.165, 1.54) is 21.3 Å². The summed E-state index contributed by atoms with van der Waals surface area (Å²) >= 11 is 0. The molecule has 1 aromatic rings. The van der Waals surface area contributed by atoms with E-state index in [1.807, 2.05) is 0 Å². The van der Waals surface area contributed by atoms with Crippen LogP contribution in [-0.2, 0) is 19.2 Å². The first-order valence-corrected chi connectivity index (χ1v) is 12.6. The van der Waals surface area contributed by atoms with Gasteiger partial charge < -0.3 is 10.6 Å². The highest BCUT2D eigenvalue weighted by Gasteiger charge is 2.70. The summed E-state index contributed by atoms with van der Waals surface area (Å²) < 4.78 is 84.0. The number of anilines is 2. The molecule has 3 rings (SSSR count). The van der Waals surface area contributed by atoms with Gasteiger partial charge >= 0.3 is 24.4 Å². The van der Waals surface area contributed by atoms with E-state index in [1.54, 1.807) is 13.8 Å². The van der Waals surface area contributed by atoms with Gasteiger partial charge in [0.2, 0.25) is 11.8 Å². The lowest BCUT2D eigenvalue weighted by atomic mass is 10.1. The molecule has 2 aliphatic heterocycles. The summed E-state index contributed by atoms with van der Waals surface area (Å²) in [7, 11) is 0. The van der Waals surface area contributed by atoms with Crippen molar-refractivity contribution in [3.63, 3.8) is 0 Å². The second-order valence-electron chi connectivity index (χ2n) is 9.46. The molecule has 8 amide bonds. The van der Waals surface area contributed by atoms with Gasteiger partial charge in [-0.2, -0.15) is 26.3 Å². The average Bonchev–Trinajstić information content (AvgIpc) is 3.30. The lowest BCUT2D eigenvalue weighted by Gasteiger charge is -2.30. The van der Waals surface area contributed by atoms with Gasteiger partial charge in [0.25, 0.3) is 23.1 Å². The SMILES string of the molecule is CCCCC(=O)N[C@]1(C(F)(F)F)NC(=O)N(c2ccc(N3C(=O)N[C@@](NC(=O)CCCC)(C(F)(F)F)C3=O)cc2)C1=O. The summed E-state index contributed by atoms with van der Waals surface area (Å²) in [6.45, 7) is 3.35. The molecule has 0 spiro atoms. The first-order chi connectivity index (χ1) is 19.5. The second kappa shape index (κ2) is 11.5. The van der Waals surface area contributed by atoms with Crippen molar-refractivity contribution in [2.24, 2.45) is 0 Å². The van der Waals surface area contributed by atoms with Crippen LogP contribution in [-0.4, -0.2) is 59.4 Å². The van der Waals surface area contributed by atoms with E-state index in [0.29, 0.717) is 12.8 Å². The van der Waals surface area contributed by atoms with Crippen molar-refractivity contribution < 1.29 is 55.1 Å². The summed E-state index contributed by atoms with van der Waals surface area (Å²) in [6.07, 6.45) is -10.4. The number of alkyl halides is 6. The van der Waals surface area contributed by atoms with Gasteiger partial charge in [-0.1, -0.05) is 26.7 Å². The Balaban J connectivity index is 1.91. The smallest absolute Gasteiger partial charge is 0.318 e. The monoisotopic (exact) mass is 608 g/mol. The summed E-state index contributed by atoms with van der Waals surface area (Å²) in [5.41, 5.74) is -8.64. The molecular formula is C24H26F6N6O6. The molecule has 12 nitrogen and oxygen atoms in total. The third kappa shape index (κ3) is 5.56. The number of carbonyl (C=O) groups is 6. The molecule has 0 radical (unpaired) electrons. The molecule has 0 aliphatic carbocycles. The quantitative estimate of drug-likeness (QED) is 0.236. The van der Waals surface area contributed by atoms with Gasteiger partial charge in [0, 0.05) is 12.8 Å². The normalized spacial score (nSPS) is 22.8. The van der Waals surface area contributed by atoms with Crippen LogP contribution >= 0.6 is 0 Å². The standard InChI is InChI=1S/C24H26F6N6O6/c1-3-5-7-15(37)31-21(23(25,26)27)17(39)35(19(41)33-21)13-9-11-14(12-10-13)36-18(40)22(24(28,29)30,34-20(36)42)32-16(38)8-6-4-2/h9-12H,3-8H2,1-2H3,(H,31,37)(H,32,38)(H,33,41)(H,34,42)/t21-,22+. The minimum atomic E-state index is -5.47. The van der Waals surface area contributed by atoms with Gasteiger partial charge in [0.05, 0.1) is 11.4 Å². The number of unbranched alkanes of at least 4 members (excludes halogenated alkanes) is 2. The van der Waals surface area contributed by atoms with Crippen molar-refractivity contribution in [3.8, 4) is 0 Å². The van der Waals surface area contributed by atoms with Crippen LogP contribution in [0.15, 0.2) is 24.3 Å². The number of rotatable bonds is 10. The Hall–Kier alpha value is -4.38. The van der Waals surface area contributed by atoms with Crippen LogP contribution in [0.3, 0.4) is 0 Å². The summed E-state index contributed by atoms with van der Waals surface area (Å²) in [5.74, 6) is -6.15. The Labute approximate surface area is 234 Å². The van der Waals surface area contributed by atoms with Gasteiger partial charge in [0.1, 0.15) is 0 Å². The molecule has 42 heavy (non-hydrogen) atoms. The van der Waals surface area contributed by atoms with E-state index in [9.17, 15) is 55.1 Å². The van der Waals surface area contributed by atoms with E-state index in [4.69, 9.17) is 0 Å². The Bertz CT molecular complexity index is 1190. The van der Waals surface area contributed by atoms with E-state index in [0.717, 1.165) is 24.3 Å². The number of benzene rings is 1. The number of amides is 8. The fourth-order valence-electron chi connectivity index (χ4n) is 4.19. The van der Waals surface area contributed by atoms with Crippen LogP contribution in [0.2, 0.25) is 0 Å². The number of nitrogens with one attached hydrogen (secondary N) is 4. The molecule has 230 valence electrons. The van der Waals surface area contributed by atoms with Crippen LogP contribution in [0.25, 0.3) is 0 Å². The molecule has 2 heterocycles. The summed E-state index contributed by atoms with van der Waals surface area (Å²) in [4.78, 5) is 75.1. The lowest BCUT2D eigenvalue weighted by molar-refractivity contribution is -0.201. The predicted molar refractivity (Wildman–Crippen MR) is 131 cm³/mol. The maximum Gasteiger partial charge on any atom is 0.440 e. The Kier molecular flexibility index (Phi) is 8.78. The zero-order valence-corrected chi connectivity index (χ0v) is 22.2.